The van der Waals surface area contributed by atoms with Gasteiger partial charge in [-0.15, -0.1) is 11.3 Å². The Bertz CT molecular complexity index is 582. The quantitative estimate of drug-likeness (QED) is 0.858. The fourth-order valence-electron chi connectivity index (χ4n) is 3.95. The van der Waals surface area contributed by atoms with E-state index >= 15 is 0 Å². The maximum atomic E-state index is 12.6. The molecular formula is C16H24N2O2S. The van der Waals surface area contributed by atoms with Crippen LogP contribution < -0.4 is 4.80 Å². The molecule has 0 unspecified atom stereocenters. The van der Waals surface area contributed by atoms with E-state index in [2.05, 4.69) is 23.4 Å². The Morgan fingerprint density at radius 1 is 1.29 bits per heavy atom. The second-order valence-electron chi connectivity index (χ2n) is 6.32. The minimum Gasteiger partial charge on any atom is -0.383 e. The van der Waals surface area contributed by atoms with Gasteiger partial charge in [0.2, 0.25) is 0 Å². The van der Waals surface area contributed by atoms with Crippen molar-refractivity contribution in [1.82, 2.24) is 4.57 Å². The van der Waals surface area contributed by atoms with Gasteiger partial charge in [-0.1, -0.05) is 0 Å². The second-order valence-corrected chi connectivity index (χ2v) is 7.50. The first-order valence-corrected chi connectivity index (χ1v) is 8.67. The predicted octanol–water partition coefficient (Wildman–Crippen LogP) is 2.68. The summed E-state index contributed by atoms with van der Waals surface area (Å²) in [6.07, 6.45) is 4.90. The van der Waals surface area contributed by atoms with Crippen molar-refractivity contribution < 1.29 is 9.53 Å². The highest BCUT2D eigenvalue weighted by molar-refractivity contribution is 7.09. The van der Waals surface area contributed by atoms with E-state index < -0.39 is 0 Å². The van der Waals surface area contributed by atoms with Gasteiger partial charge in [-0.05, 0) is 51.4 Å². The highest BCUT2D eigenvalue weighted by Crippen LogP contribution is 2.49. The van der Waals surface area contributed by atoms with Gasteiger partial charge < -0.3 is 9.30 Å². The summed E-state index contributed by atoms with van der Waals surface area (Å²) in [5.74, 6) is 1.51. The molecule has 0 spiro atoms. The molecule has 21 heavy (non-hydrogen) atoms. The third-order valence-electron chi connectivity index (χ3n) is 5.23. The van der Waals surface area contributed by atoms with Crippen molar-refractivity contribution in [3.8, 4) is 0 Å². The van der Waals surface area contributed by atoms with Gasteiger partial charge in [-0.2, -0.15) is 4.99 Å². The minimum atomic E-state index is 0.118. The molecule has 1 aromatic heterocycles. The van der Waals surface area contributed by atoms with Crippen LogP contribution >= 0.6 is 11.3 Å². The zero-order valence-electron chi connectivity index (χ0n) is 13.1. The Morgan fingerprint density at radius 3 is 2.48 bits per heavy atom. The second kappa shape index (κ2) is 6.05. The summed E-state index contributed by atoms with van der Waals surface area (Å²) in [6.45, 7) is 5.58. The number of hydrogen-bond acceptors (Lipinski definition) is 3. The van der Waals surface area contributed by atoms with Gasteiger partial charge in [0, 0.05) is 30.1 Å². The Balaban J connectivity index is 1.88. The van der Waals surface area contributed by atoms with Gasteiger partial charge in [0.1, 0.15) is 0 Å². The van der Waals surface area contributed by atoms with Crippen LogP contribution in [0.25, 0.3) is 0 Å². The number of aryl methyl sites for hydroxylation is 1. The highest BCUT2D eigenvalue weighted by atomic mass is 32.1. The summed E-state index contributed by atoms with van der Waals surface area (Å²) >= 11 is 1.62. The van der Waals surface area contributed by atoms with Crippen molar-refractivity contribution in [3.63, 3.8) is 0 Å². The van der Waals surface area contributed by atoms with E-state index in [-0.39, 0.29) is 11.8 Å². The van der Waals surface area contributed by atoms with Crippen LogP contribution in [-0.2, 0) is 16.1 Å². The third-order valence-corrected chi connectivity index (χ3v) is 6.33. The smallest absolute Gasteiger partial charge is 0.252 e. The van der Waals surface area contributed by atoms with Gasteiger partial charge in [0.15, 0.2) is 4.80 Å². The fraction of sp³-hybridized carbons (Fsp3) is 0.750. The lowest BCUT2D eigenvalue weighted by Crippen LogP contribution is -2.24. The monoisotopic (exact) mass is 308 g/mol. The van der Waals surface area contributed by atoms with E-state index in [9.17, 15) is 4.79 Å². The number of rotatable bonds is 4. The topological polar surface area (TPSA) is 43.6 Å². The molecule has 0 atom stereocenters. The number of nitrogens with zero attached hydrogens (tertiary/aromatic N) is 2. The molecule has 3 rings (SSSR count). The fourth-order valence-corrected chi connectivity index (χ4v) is 4.95. The van der Waals surface area contributed by atoms with Crippen molar-refractivity contribution in [2.24, 2.45) is 22.7 Å². The maximum absolute atomic E-state index is 12.6. The summed E-state index contributed by atoms with van der Waals surface area (Å²) in [6, 6.07) is 0. The molecule has 4 nitrogen and oxygen atoms in total. The van der Waals surface area contributed by atoms with E-state index in [0.717, 1.165) is 11.3 Å². The molecule has 0 saturated heterocycles. The molecular weight excluding hydrogens is 284 g/mol. The molecule has 1 amide bonds. The number of hydrogen-bond donors (Lipinski definition) is 0. The lowest BCUT2D eigenvalue weighted by atomic mass is 9.97. The first-order valence-electron chi connectivity index (χ1n) is 7.86. The maximum Gasteiger partial charge on any atom is 0.252 e. The standard InChI is InChI=1S/C16H24N2O2S/c1-10-11(2)21-16(18(10)8-9-20-3)17-15(19)14-12-4-5-13(14)7-6-12/h12-14H,4-9H2,1-3H3. The summed E-state index contributed by atoms with van der Waals surface area (Å²) in [5, 5.41) is 0. The number of amides is 1. The van der Waals surface area contributed by atoms with Crippen LogP contribution in [0.2, 0.25) is 0 Å². The van der Waals surface area contributed by atoms with E-state index in [0.29, 0.717) is 18.4 Å². The molecule has 0 aliphatic heterocycles. The SMILES string of the molecule is COCCn1c(C)c(C)sc1=NC(=O)C1C2CCC1CC2. The van der Waals surface area contributed by atoms with Crippen LogP contribution in [0.5, 0.6) is 0 Å². The van der Waals surface area contributed by atoms with Gasteiger partial charge in [0.05, 0.1) is 6.61 Å². The normalized spacial score (nSPS) is 28.5. The molecule has 1 heterocycles. The van der Waals surface area contributed by atoms with Crippen molar-refractivity contribution in [2.45, 2.75) is 46.1 Å². The van der Waals surface area contributed by atoms with Crippen LogP contribution in [0.3, 0.4) is 0 Å². The van der Waals surface area contributed by atoms with Gasteiger partial charge >= 0.3 is 0 Å². The summed E-state index contributed by atoms with van der Waals surface area (Å²) < 4.78 is 7.29. The van der Waals surface area contributed by atoms with Crippen molar-refractivity contribution in [3.05, 3.63) is 15.4 Å². The van der Waals surface area contributed by atoms with E-state index in [1.165, 1.54) is 36.3 Å². The first kappa shape index (κ1) is 15.0. The Morgan fingerprint density at radius 2 is 1.90 bits per heavy atom. The van der Waals surface area contributed by atoms with Crippen molar-refractivity contribution >= 4 is 17.2 Å². The molecule has 116 valence electrons. The number of carbonyl (C=O) groups excluding carboxylic acids is 1. The molecule has 5 heteroatoms. The number of fused-ring (bicyclic) bond motifs is 2. The number of aromatic nitrogens is 1. The molecule has 0 aromatic carbocycles. The lowest BCUT2D eigenvalue weighted by Gasteiger charge is -2.10. The first-order chi connectivity index (χ1) is 10.1. The molecule has 2 saturated carbocycles. The van der Waals surface area contributed by atoms with Gasteiger partial charge in [-0.3, -0.25) is 4.79 Å². The summed E-state index contributed by atoms with van der Waals surface area (Å²) in [5.41, 5.74) is 1.19. The van der Waals surface area contributed by atoms with Crippen LogP contribution in [-0.4, -0.2) is 24.2 Å². The van der Waals surface area contributed by atoms with Gasteiger partial charge in [0.25, 0.3) is 5.91 Å². The molecule has 2 fully saturated rings. The number of methoxy groups -OCH3 is 1. The zero-order chi connectivity index (χ0) is 15.0. The average molecular weight is 308 g/mol. The van der Waals surface area contributed by atoms with Crippen LogP contribution in [0.15, 0.2) is 4.99 Å². The van der Waals surface area contributed by atoms with Crippen LogP contribution in [0, 0.1) is 31.6 Å². The summed E-state index contributed by atoms with van der Waals surface area (Å²) in [4.78, 5) is 19.2. The number of thiazole rings is 1. The van der Waals surface area contributed by atoms with E-state index in [1.807, 2.05) is 0 Å². The van der Waals surface area contributed by atoms with Crippen molar-refractivity contribution in [2.75, 3.05) is 13.7 Å². The highest BCUT2D eigenvalue weighted by Gasteiger charge is 2.45. The van der Waals surface area contributed by atoms with Gasteiger partial charge in [-0.25, -0.2) is 0 Å². The lowest BCUT2D eigenvalue weighted by molar-refractivity contribution is -0.123. The van der Waals surface area contributed by atoms with E-state index in [1.54, 1.807) is 18.4 Å². The molecule has 1 aromatic rings. The van der Waals surface area contributed by atoms with Crippen molar-refractivity contribution in [1.29, 1.82) is 0 Å². The largest absolute Gasteiger partial charge is 0.383 e. The molecule has 2 aliphatic carbocycles. The Hall–Kier alpha value is -0.940. The number of ether oxygens (including phenoxy) is 1. The zero-order valence-corrected chi connectivity index (χ0v) is 13.9. The predicted molar refractivity (Wildman–Crippen MR) is 83.2 cm³/mol. The minimum absolute atomic E-state index is 0.118. The molecule has 2 bridgehead atoms. The van der Waals surface area contributed by atoms with Crippen LogP contribution in [0.4, 0.5) is 0 Å². The number of carbonyl (C=O) groups is 1. The molecule has 0 N–H and O–H groups in total. The summed E-state index contributed by atoms with van der Waals surface area (Å²) in [7, 11) is 1.70. The molecule has 2 aliphatic rings. The van der Waals surface area contributed by atoms with Crippen LogP contribution in [0.1, 0.15) is 36.3 Å². The average Bonchev–Trinajstić information content (AvgIpc) is 3.13. The Labute approximate surface area is 129 Å². The molecule has 0 radical (unpaired) electrons. The third kappa shape index (κ3) is 2.73. The van der Waals surface area contributed by atoms with E-state index in [4.69, 9.17) is 4.74 Å². The Kier molecular flexibility index (Phi) is 4.31.